The van der Waals surface area contributed by atoms with E-state index < -0.39 is 0 Å². The van der Waals surface area contributed by atoms with E-state index in [0.717, 1.165) is 25.4 Å². The highest BCUT2D eigenvalue weighted by atomic mass is 28.2. The largest absolute Gasteiger partial charge is 0.432 e. The third-order valence-corrected chi connectivity index (χ3v) is 1.76. The molecule has 4 N–H and O–H groups in total. The Balaban J connectivity index is 2.77. The van der Waals surface area contributed by atoms with Crippen LogP contribution >= 0.6 is 0 Å². The minimum absolute atomic E-state index is 0.0941. The van der Waals surface area contributed by atoms with Gasteiger partial charge < -0.3 is 15.8 Å². The van der Waals surface area contributed by atoms with Crippen LogP contribution in [0.2, 0.25) is 6.04 Å². The first kappa shape index (κ1) is 10.1. The lowest BCUT2D eigenvalue weighted by atomic mass is 10.3. The average molecular weight is 160 g/mol. The first-order valence-corrected chi connectivity index (χ1v) is 4.78. The van der Waals surface area contributed by atoms with Gasteiger partial charge in [0.2, 0.25) is 9.76 Å². The van der Waals surface area contributed by atoms with E-state index in [4.69, 9.17) is 10.5 Å². The molecule has 0 aliphatic heterocycles. The number of nitrogens with two attached hydrogens (primary N) is 1. The maximum absolute atomic E-state index is 8.46. The SMILES string of the molecule is CC(N)NCCCC[Si]O. The van der Waals surface area contributed by atoms with Crippen LogP contribution in [0.4, 0.5) is 0 Å². The second-order valence-corrected chi connectivity index (χ2v) is 3.17. The van der Waals surface area contributed by atoms with Crippen LogP contribution in [0.5, 0.6) is 0 Å². The molecule has 0 saturated carbocycles. The first-order valence-electron chi connectivity index (χ1n) is 3.63. The lowest BCUT2D eigenvalue weighted by Gasteiger charge is -2.06. The summed E-state index contributed by atoms with van der Waals surface area (Å²) in [5.41, 5.74) is 5.45. The van der Waals surface area contributed by atoms with Gasteiger partial charge in [0, 0.05) is 0 Å². The van der Waals surface area contributed by atoms with E-state index >= 15 is 0 Å². The third kappa shape index (κ3) is 8.10. The molecule has 0 aliphatic rings. The Morgan fingerprint density at radius 1 is 1.60 bits per heavy atom. The molecule has 60 valence electrons. The molecule has 2 radical (unpaired) electrons. The molecule has 0 heterocycles. The van der Waals surface area contributed by atoms with Crippen LogP contribution < -0.4 is 11.1 Å². The summed E-state index contributed by atoms with van der Waals surface area (Å²) in [6, 6.07) is 0.931. The van der Waals surface area contributed by atoms with Gasteiger partial charge in [-0.2, -0.15) is 0 Å². The van der Waals surface area contributed by atoms with Crippen molar-refractivity contribution in [1.29, 1.82) is 0 Å². The Kier molecular flexibility index (Phi) is 7.28. The summed E-state index contributed by atoms with van der Waals surface area (Å²) >= 11 is 0. The van der Waals surface area contributed by atoms with E-state index in [-0.39, 0.29) is 15.9 Å². The van der Waals surface area contributed by atoms with Gasteiger partial charge in [-0.15, -0.1) is 0 Å². The summed E-state index contributed by atoms with van der Waals surface area (Å²) in [5, 5.41) is 3.10. The standard InChI is InChI=1S/C6H16N2OSi/c1-6(7)8-4-2-3-5-10-9/h6,8-9H,2-5,7H2,1H3. The van der Waals surface area contributed by atoms with Crippen molar-refractivity contribution in [2.75, 3.05) is 6.54 Å². The molecular formula is C6H16N2OSi. The number of hydrogen-bond acceptors (Lipinski definition) is 3. The van der Waals surface area contributed by atoms with Gasteiger partial charge in [0.05, 0.1) is 6.17 Å². The quantitative estimate of drug-likeness (QED) is 0.284. The predicted molar refractivity (Wildman–Crippen MR) is 43.7 cm³/mol. The Hall–Kier alpha value is 0.0969. The molecule has 10 heavy (non-hydrogen) atoms. The van der Waals surface area contributed by atoms with Crippen LogP contribution in [0.1, 0.15) is 19.8 Å². The van der Waals surface area contributed by atoms with Gasteiger partial charge in [-0.05, 0) is 25.9 Å². The Bertz CT molecular complexity index is 70.8. The van der Waals surface area contributed by atoms with Gasteiger partial charge in [-0.3, -0.25) is 0 Å². The number of hydrogen-bond donors (Lipinski definition) is 3. The van der Waals surface area contributed by atoms with Gasteiger partial charge in [0.25, 0.3) is 0 Å². The van der Waals surface area contributed by atoms with Crippen molar-refractivity contribution < 1.29 is 4.80 Å². The van der Waals surface area contributed by atoms with Gasteiger partial charge in [0.15, 0.2) is 0 Å². The number of nitrogens with one attached hydrogen (secondary N) is 1. The molecule has 0 aromatic rings. The maximum Gasteiger partial charge on any atom is 0.224 e. The van der Waals surface area contributed by atoms with Crippen LogP contribution in [0, 0.1) is 0 Å². The number of rotatable bonds is 6. The van der Waals surface area contributed by atoms with E-state index in [1.54, 1.807) is 0 Å². The van der Waals surface area contributed by atoms with E-state index in [2.05, 4.69) is 5.32 Å². The smallest absolute Gasteiger partial charge is 0.224 e. The zero-order chi connectivity index (χ0) is 7.82. The highest BCUT2D eigenvalue weighted by Gasteiger charge is 1.91. The maximum atomic E-state index is 8.46. The van der Waals surface area contributed by atoms with E-state index in [0.29, 0.717) is 0 Å². The molecule has 0 amide bonds. The van der Waals surface area contributed by atoms with Crippen LogP contribution in [-0.2, 0) is 0 Å². The predicted octanol–water partition coefficient (Wildman–Crippen LogP) is -0.309. The summed E-state index contributed by atoms with van der Waals surface area (Å²) in [7, 11) is 0.105. The van der Waals surface area contributed by atoms with Crippen molar-refractivity contribution in [3.8, 4) is 0 Å². The molecule has 0 rings (SSSR count). The minimum Gasteiger partial charge on any atom is -0.432 e. The minimum atomic E-state index is 0.0941. The molecular weight excluding hydrogens is 144 g/mol. The molecule has 0 aliphatic carbocycles. The topological polar surface area (TPSA) is 58.3 Å². The van der Waals surface area contributed by atoms with E-state index in [1.807, 2.05) is 6.92 Å². The van der Waals surface area contributed by atoms with Crippen molar-refractivity contribution in [3.63, 3.8) is 0 Å². The number of unbranched alkanes of at least 4 members (excludes halogenated alkanes) is 1. The zero-order valence-corrected chi connectivity index (χ0v) is 7.43. The highest BCUT2D eigenvalue weighted by Crippen LogP contribution is 1.91. The molecule has 0 saturated heterocycles. The van der Waals surface area contributed by atoms with Crippen LogP contribution in [0.3, 0.4) is 0 Å². The monoisotopic (exact) mass is 160 g/mol. The molecule has 0 bridgehead atoms. The lowest BCUT2D eigenvalue weighted by molar-refractivity contribution is 0.542. The van der Waals surface area contributed by atoms with Crippen LogP contribution in [0.15, 0.2) is 0 Å². The van der Waals surface area contributed by atoms with Crippen molar-refractivity contribution in [3.05, 3.63) is 0 Å². The van der Waals surface area contributed by atoms with Crippen molar-refractivity contribution in [1.82, 2.24) is 5.32 Å². The molecule has 3 nitrogen and oxygen atoms in total. The van der Waals surface area contributed by atoms with Crippen molar-refractivity contribution in [2.45, 2.75) is 32.0 Å². The summed E-state index contributed by atoms with van der Waals surface area (Å²) in [6.45, 7) is 2.88. The normalized spacial score (nSPS) is 13.5. The third-order valence-electron chi connectivity index (χ3n) is 1.18. The summed E-state index contributed by atoms with van der Waals surface area (Å²) in [6.07, 6.45) is 2.29. The second-order valence-electron chi connectivity index (χ2n) is 2.36. The Morgan fingerprint density at radius 2 is 2.30 bits per heavy atom. The van der Waals surface area contributed by atoms with Crippen LogP contribution in [-0.4, -0.2) is 27.3 Å². The molecule has 1 atom stereocenters. The molecule has 4 heteroatoms. The van der Waals surface area contributed by atoms with Gasteiger partial charge in [-0.25, -0.2) is 0 Å². The van der Waals surface area contributed by atoms with Crippen molar-refractivity contribution >= 4 is 9.76 Å². The summed E-state index contributed by atoms with van der Waals surface area (Å²) in [4.78, 5) is 8.46. The average Bonchev–Trinajstić information content (AvgIpc) is 1.87. The van der Waals surface area contributed by atoms with E-state index in [9.17, 15) is 0 Å². The highest BCUT2D eigenvalue weighted by molar-refractivity contribution is 6.25. The second kappa shape index (κ2) is 7.21. The zero-order valence-electron chi connectivity index (χ0n) is 6.43. The fourth-order valence-electron chi connectivity index (χ4n) is 0.659. The first-order chi connectivity index (χ1) is 4.77. The summed E-state index contributed by atoms with van der Waals surface area (Å²) < 4.78 is 0. The fraction of sp³-hybridized carbons (Fsp3) is 1.00. The van der Waals surface area contributed by atoms with Gasteiger partial charge in [-0.1, -0.05) is 6.42 Å². The molecule has 0 spiro atoms. The van der Waals surface area contributed by atoms with Gasteiger partial charge >= 0.3 is 0 Å². The molecule has 0 aromatic heterocycles. The van der Waals surface area contributed by atoms with Crippen molar-refractivity contribution in [2.24, 2.45) is 5.73 Å². The lowest BCUT2D eigenvalue weighted by Crippen LogP contribution is -2.34. The summed E-state index contributed by atoms with van der Waals surface area (Å²) in [5.74, 6) is 0. The molecule has 0 aromatic carbocycles. The Labute approximate surface area is 64.9 Å². The Morgan fingerprint density at radius 3 is 2.80 bits per heavy atom. The molecule has 0 fully saturated rings. The fourth-order valence-corrected chi connectivity index (χ4v) is 1.07. The molecule has 1 unspecified atom stereocenters. The van der Waals surface area contributed by atoms with E-state index in [1.165, 1.54) is 0 Å². The van der Waals surface area contributed by atoms with Crippen LogP contribution in [0.25, 0.3) is 0 Å². The van der Waals surface area contributed by atoms with Gasteiger partial charge in [0.1, 0.15) is 0 Å².